The summed E-state index contributed by atoms with van der Waals surface area (Å²) in [5.41, 5.74) is 1.22. The van der Waals surface area contributed by atoms with Gasteiger partial charge in [-0.15, -0.1) is 23.5 Å². The molecule has 15 heavy (non-hydrogen) atoms. The molecule has 0 saturated carbocycles. The smallest absolute Gasteiger partial charge is 0.0450 e. The predicted octanol–water partition coefficient (Wildman–Crippen LogP) is 3.92. The number of rotatable bonds is 3. The Morgan fingerprint density at radius 2 is 1.40 bits per heavy atom. The van der Waals surface area contributed by atoms with E-state index < -0.39 is 0 Å². The fourth-order valence-electron chi connectivity index (χ4n) is 1.47. The number of benzene rings is 1. The van der Waals surface area contributed by atoms with Gasteiger partial charge in [-0.2, -0.15) is 0 Å². The molecule has 1 aromatic carbocycles. The van der Waals surface area contributed by atoms with Crippen molar-refractivity contribution in [1.82, 2.24) is 4.57 Å². The van der Waals surface area contributed by atoms with E-state index in [-0.39, 0.29) is 0 Å². The zero-order chi connectivity index (χ0) is 10.7. The van der Waals surface area contributed by atoms with Crippen molar-refractivity contribution in [3.8, 4) is 5.69 Å². The van der Waals surface area contributed by atoms with Gasteiger partial charge in [0.1, 0.15) is 0 Å². The van der Waals surface area contributed by atoms with Gasteiger partial charge in [0.15, 0.2) is 0 Å². The van der Waals surface area contributed by atoms with Crippen LogP contribution >= 0.6 is 23.5 Å². The number of nitrogens with zero attached hydrogens (tertiary/aromatic N) is 1. The average molecular weight is 235 g/mol. The largest absolute Gasteiger partial charge is 0.322 e. The lowest BCUT2D eigenvalue weighted by Crippen LogP contribution is -1.87. The lowest BCUT2D eigenvalue weighted by molar-refractivity contribution is 1.07. The van der Waals surface area contributed by atoms with Gasteiger partial charge in [-0.3, -0.25) is 0 Å². The van der Waals surface area contributed by atoms with Crippen LogP contribution in [0.5, 0.6) is 0 Å². The fraction of sp³-hybridized carbons (Fsp3) is 0.167. The maximum Gasteiger partial charge on any atom is 0.0450 e. The van der Waals surface area contributed by atoms with E-state index >= 15 is 0 Å². The van der Waals surface area contributed by atoms with E-state index in [1.165, 1.54) is 15.5 Å². The van der Waals surface area contributed by atoms with E-state index in [1.54, 1.807) is 23.5 Å². The van der Waals surface area contributed by atoms with Gasteiger partial charge >= 0.3 is 0 Å². The van der Waals surface area contributed by atoms with E-state index in [2.05, 4.69) is 53.7 Å². The van der Waals surface area contributed by atoms with Gasteiger partial charge in [-0.25, -0.2) is 0 Å². The topological polar surface area (TPSA) is 4.93 Å². The van der Waals surface area contributed by atoms with Gasteiger partial charge in [-0.1, -0.05) is 18.2 Å². The van der Waals surface area contributed by atoms with E-state index in [1.807, 2.05) is 6.07 Å². The molecule has 0 N–H and O–H groups in total. The van der Waals surface area contributed by atoms with Crippen LogP contribution in [0.2, 0.25) is 0 Å². The molecule has 0 radical (unpaired) electrons. The first-order chi connectivity index (χ1) is 7.35. The number of hydrogen-bond acceptors (Lipinski definition) is 2. The molecule has 2 aromatic rings. The first kappa shape index (κ1) is 10.7. The van der Waals surface area contributed by atoms with Gasteiger partial charge in [0.25, 0.3) is 0 Å². The summed E-state index contributed by atoms with van der Waals surface area (Å²) in [4.78, 5) is 2.68. The van der Waals surface area contributed by atoms with Crippen LogP contribution in [0.15, 0.2) is 52.5 Å². The van der Waals surface area contributed by atoms with Gasteiger partial charge in [0, 0.05) is 27.9 Å². The van der Waals surface area contributed by atoms with Gasteiger partial charge in [0.2, 0.25) is 0 Å². The molecule has 0 spiro atoms. The van der Waals surface area contributed by atoms with Crippen molar-refractivity contribution >= 4 is 23.5 Å². The highest BCUT2D eigenvalue weighted by Crippen LogP contribution is 2.30. The monoisotopic (exact) mass is 235 g/mol. The molecule has 2 rings (SSSR count). The Labute approximate surface area is 98.9 Å². The molecule has 0 atom stereocenters. The minimum absolute atomic E-state index is 1.22. The van der Waals surface area contributed by atoms with Gasteiger partial charge in [-0.05, 0) is 24.6 Å². The van der Waals surface area contributed by atoms with Crippen molar-refractivity contribution in [3.63, 3.8) is 0 Å². The summed E-state index contributed by atoms with van der Waals surface area (Å²) in [6.07, 6.45) is 8.60. The molecular formula is C12H13NS2. The molecule has 0 aliphatic rings. The highest BCUT2D eigenvalue weighted by atomic mass is 32.2. The minimum Gasteiger partial charge on any atom is -0.322 e. The Kier molecular flexibility index (Phi) is 3.44. The highest BCUT2D eigenvalue weighted by molar-refractivity contribution is 8.01. The Hall–Kier alpha value is -0.800. The van der Waals surface area contributed by atoms with E-state index in [4.69, 9.17) is 0 Å². The van der Waals surface area contributed by atoms with E-state index in [9.17, 15) is 0 Å². The molecule has 1 heterocycles. The molecule has 1 nitrogen and oxygen atoms in total. The Bertz CT molecular complexity index is 413. The number of para-hydroxylation sites is 1. The first-order valence-electron chi connectivity index (χ1n) is 4.70. The second kappa shape index (κ2) is 4.81. The SMILES string of the molecule is CSc1cn(-c2ccccc2)cc1SC. The molecule has 0 amide bonds. The highest BCUT2D eigenvalue weighted by Gasteiger charge is 2.05. The van der Waals surface area contributed by atoms with Crippen LogP contribution in [0, 0.1) is 0 Å². The lowest BCUT2D eigenvalue weighted by atomic mass is 10.3. The average Bonchev–Trinajstić information content (AvgIpc) is 2.73. The first-order valence-corrected chi connectivity index (χ1v) is 7.15. The van der Waals surface area contributed by atoms with E-state index in [0.717, 1.165) is 0 Å². The third-order valence-corrected chi connectivity index (χ3v) is 3.91. The molecule has 0 bridgehead atoms. The molecule has 0 fully saturated rings. The van der Waals surface area contributed by atoms with E-state index in [0.29, 0.717) is 0 Å². The zero-order valence-electron chi connectivity index (χ0n) is 8.81. The predicted molar refractivity (Wildman–Crippen MR) is 69.3 cm³/mol. The van der Waals surface area contributed by atoms with Crippen LogP contribution in [-0.2, 0) is 0 Å². The summed E-state index contributed by atoms with van der Waals surface area (Å²) in [5.74, 6) is 0. The molecule has 0 aliphatic carbocycles. The third-order valence-electron chi connectivity index (χ3n) is 2.25. The summed E-state index contributed by atoms with van der Waals surface area (Å²) < 4.78 is 2.18. The summed E-state index contributed by atoms with van der Waals surface area (Å²) in [6, 6.07) is 10.4. The normalized spacial score (nSPS) is 10.5. The summed E-state index contributed by atoms with van der Waals surface area (Å²) in [7, 11) is 0. The molecular weight excluding hydrogens is 222 g/mol. The molecule has 0 aliphatic heterocycles. The van der Waals surface area contributed by atoms with Crippen LogP contribution in [0.4, 0.5) is 0 Å². The molecule has 3 heteroatoms. The Balaban J connectivity index is 2.42. The Morgan fingerprint density at radius 3 is 1.87 bits per heavy atom. The number of aromatic nitrogens is 1. The second-order valence-electron chi connectivity index (χ2n) is 3.14. The third kappa shape index (κ3) is 2.24. The Morgan fingerprint density at radius 1 is 0.867 bits per heavy atom. The van der Waals surface area contributed by atoms with Crippen molar-refractivity contribution in [2.75, 3.05) is 12.5 Å². The molecule has 0 saturated heterocycles. The molecule has 78 valence electrons. The summed E-state index contributed by atoms with van der Waals surface area (Å²) >= 11 is 3.59. The fourth-order valence-corrected chi connectivity index (χ4v) is 2.92. The van der Waals surface area contributed by atoms with Crippen molar-refractivity contribution in [2.24, 2.45) is 0 Å². The van der Waals surface area contributed by atoms with Crippen LogP contribution in [0.3, 0.4) is 0 Å². The van der Waals surface area contributed by atoms with Crippen molar-refractivity contribution in [2.45, 2.75) is 9.79 Å². The van der Waals surface area contributed by atoms with Crippen molar-refractivity contribution in [1.29, 1.82) is 0 Å². The maximum atomic E-state index is 2.19. The van der Waals surface area contributed by atoms with Crippen LogP contribution in [0.25, 0.3) is 5.69 Å². The molecule has 0 unspecified atom stereocenters. The standard InChI is InChI=1S/C12H13NS2/c1-14-11-8-13(9-12(11)15-2)10-6-4-3-5-7-10/h3-9H,1-2H3. The van der Waals surface area contributed by atoms with Crippen LogP contribution < -0.4 is 0 Å². The zero-order valence-corrected chi connectivity index (χ0v) is 10.4. The van der Waals surface area contributed by atoms with Gasteiger partial charge < -0.3 is 4.57 Å². The van der Waals surface area contributed by atoms with Gasteiger partial charge in [0.05, 0.1) is 0 Å². The van der Waals surface area contributed by atoms with Crippen LogP contribution in [0.1, 0.15) is 0 Å². The number of hydrogen-bond donors (Lipinski definition) is 0. The maximum absolute atomic E-state index is 2.19. The quantitative estimate of drug-likeness (QED) is 0.743. The lowest BCUT2D eigenvalue weighted by Gasteiger charge is -2.00. The summed E-state index contributed by atoms with van der Waals surface area (Å²) in [6.45, 7) is 0. The summed E-state index contributed by atoms with van der Waals surface area (Å²) in [5, 5.41) is 0. The molecule has 1 aromatic heterocycles. The second-order valence-corrected chi connectivity index (χ2v) is 4.83. The minimum atomic E-state index is 1.22. The van der Waals surface area contributed by atoms with Crippen LogP contribution in [-0.4, -0.2) is 17.1 Å². The van der Waals surface area contributed by atoms with Crippen molar-refractivity contribution in [3.05, 3.63) is 42.7 Å². The van der Waals surface area contributed by atoms with Crippen molar-refractivity contribution < 1.29 is 0 Å². The number of thioether (sulfide) groups is 2.